The van der Waals surface area contributed by atoms with Gasteiger partial charge < -0.3 is 0 Å². The van der Waals surface area contributed by atoms with Gasteiger partial charge in [0.15, 0.2) is 0 Å². The fraction of sp³-hybridized carbons (Fsp3) is 0.737. The molecular weight excluding hydrogens is 242 g/mol. The summed E-state index contributed by atoms with van der Waals surface area (Å²) >= 11 is 0. The summed E-state index contributed by atoms with van der Waals surface area (Å²) in [5.41, 5.74) is 0. The molecule has 0 aliphatic heterocycles. The summed E-state index contributed by atoms with van der Waals surface area (Å²) in [5.74, 6) is 0. The summed E-state index contributed by atoms with van der Waals surface area (Å²) in [5, 5.41) is 8.42. The van der Waals surface area contributed by atoms with E-state index >= 15 is 0 Å². The third-order valence-corrected chi connectivity index (χ3v) is 3.49. The molecule has 0 aromatic heterocycles. The van der Waals surface area contributed by atoms with Crippen LogP contribution in [0, 0.1) is 11.3 Å². The summed E-state index contributed by atoms with van der Waals surface area (Å²) in [6, 6.07) is 2.20. The minimum absolute atomic E-state index is 0.731. The molecule has 0 saturated heterocycles. The summed E-state index contributed by atoms with van der Waals surface area (Å²) in [7, 11) is 0. The van der Waals surface area contributed by atoms with Gasteiger partial charge in [-0.05, 0) is 38.5 Å². The second-order valence-electron chi connectivity index (χ2n) is 5.49. The molecule has 0 saturated carbocycles. The smallest absolute Gasteiger partial charge is 0.0621 e. The second kappa shape index (κ2) is 18.0. The maximum Gasteiger partial charge on any atom is 0.0621 e. The summed E-state index contributed by atoms with van der Waals surface area (Å²) < 4.78 is 0. The normalized spacial score (nSPS) is 11.4. The molecule has 0 bridgehead atoms. The molecule has 0 rings (SSSR count). The minimum atomic E-state index is 0.731. The van der Waals surface area contributed by atoms with Crippen LogP contribution in [0.5, 0.6) is 0 Å². The molecule has 0 radical (unpaired) electrons. The van der Waals surface area contributed by atoms with Crippen molar-refractivity contribution in [2.24, 2.45) is 0 Å². The van der Waals surface area contributed by atoms with Gasteiger partial charge in [0.25, 0.3) is 0 Å². The highest BCUT2D eigenvalue weighted by Gasteiger charge is 1.90. The Morgan fingerprint density at radius 2 is 1.25 bits per heavy atom. The topological polar surface area (TPSA) is 23.8 Å². The van der Waals surface area contributed by atoms with Gasteiger partial charge in [-0.15, -0.1) is 0 Å². The van der Waals surface area contributed by atoms with Gasteiger partial charge in [-0.25, -0.2) is 0 Å². The van der Waals surface area contributed by atoms with Gasteiger partial charge in [0.2, 0.25) is 0 Å². The lowest BCUT2D eigenvalue weighted by molar-refractivity contribution is 0.601. The molecule has 20 heavy (non-hydrogen) atoms. The zero-order chi connectivity index (χ0) is 14.7. The van der Waals surface area contributed by atoms with E-state index in [0.29, 0.717) is 0 Å². The zero-order valence-corrected chi connectivity index (χ0v) is 13.4. The molecule has 0 unspecified atom stereocenters. The fourth-order valence-electron chi connectivity index (χ4n) is 2.19. The van der Waals surface area contributed by atoms with Crippen LogP contribution in [0.15, 0.2) is 24.3 Å². The van der Waals surface area contributed by atoms with E-state index in [1.165, 1.54) is 64.2 Å². The maximum absolute atomic E-state index is 8.42. The highest BCUT2D eigenvalue weighted by molar-refractivity contribution is 4.92. The first-order chi connectivity index (χ1) is 9.91. The molecule has 0 aliphatic rings. The van der Waals surface area contributed by atoms with Crippen molar-refractivity contribution in [3.05, 3.63) is 24.3 Å². The van der Waals surface area contributed by atoms with E-state index in [4.69, 9.17) is 5.26 Å². The van der Waals surface area contributed by atoms with E-state index < -0.39 is 0 Å². The molecular formula is C19H33N. The van der Waals surface area contributed by atoms with Gasteiger partial charge in [-0.3, -0.25) is 0 Å². The Bertz CT molecular complexity index is 270. The Morgan fingerprint density at radius 3 is 1.85 bits per heavy atom. The van der Waals surface area contributed by atoms with Crippen LogP contribution in [0.1, 0.15) is 90.4 Å². The van der Waals surface area contributed by atoms with Gasteiger partial charge in [0, 0.05) is 6.42 Å². The average molecular weight is 275 g/mol. The van der Waals surface area contributed by atoms with Crippen molar-refractivity contribution in [2.45, 2.75) is 90.4 Å². The summed E-state index contributed by atoms with van der Waals surface area (Å²) in [6.07, 6.45) is 25.1. The number of allylic oxidation sites excluding steroid dienone is 4. The van der Waals surface area contributed by atoms with E-state index in [1.54, 1.807) is 0 Å². The minimum Gasteiger partial charge on any atom is -0.198 e. The maximum atomic E-state index is 8.42. The van der Waals surface area contributed by atoms with E-state index in [9.17, 15) is 0 Å². The van der Waals surface area contributed by atoms with Gasteiger partial charge >= 0.3 is 0 Å². The third kappa shape index (κ3) is 17.0. The molecule has 0 N–H and O–H groups in total. The van der Waals surface area contributed by atoms with Gasteiger partial charge in [0.05, 0.1) is 6.07 Å². The SMILES string of the molecule is CCCCC/C=C/C/C=C/CCCCCCCCC#N. The standard InChI is InChI=1S/C19H33N/c1-2-3-4-5-6-7-8-9-10-11-12-13-14-15-16-17-18-19-20/h6-7,9-10H,2-5,8,11-18H2,1H3/b7-6+,10-9+. The molecule has 0 heterocycles. The zero-order valence-electron chi connectivity index (χ0n) is 13.4. The number of rotatable bonds is 14. The molecule has 1 heteroatoms. The van der Waals surface area contributed by atoms with Crippen molar-refractivity contribution < 1.29 is 0 Å². The third-order valence-electron chi connectivity index (χ3n) is 3.49. The van der Waals surface area contributed by atoms with E-state index in [1.807, 2.05) is 0 Å². The van der Waals surface area contributed by atoms with Crippen LogP contribution in [0.25, 0.3) is 0 Å². The van der Waals surface area contributed by atoms with Gasteiger partial charge in [0.1, 0.15) is 0 Å². The first kappa shape index (κ1) is 19.0. The van der Waals surface area contributed by atoms with Gasteiger partial charge in [-0.1, -0.05) is 69.8 Å². The van der Waals surface area contributed by atoms with Crippen LogP contribution in [-0.2, 0) is 0 Å². The van der Waals surface area contributed by atoms with Crippen LogP contribution in [-0.4, -0.2) is 0 Å². The largest absolute Gasteiger partial charge is 0.198 e. The predicted octanol–water partition coefficient (Wildman–Crippen LogP) is 6.71. The van der Waals surface area contributed by atoms with Crippen molar-refractivity contribution in [3.8, 4) is 6.07 Å². The molecule has 0 aliphatic carbocycles. The molecule has 0 atom stereocenters. The molecule has 114 valence electrons. The number of hydrogen-bond acceptors (Lipinski definition) is 1. The van der Waals surface area contributed by atoms with Crippen molar-refractivity contribution in [1.29, 1.82) is 5.26 Å². The Hall–Kier alpha value is -1.03. The van der Waals surface area contributed by atoms with Crippen molar-refractivity contribution in [1.82, 2.24) is 0 Å². The molecule has 0 aromatic carbocycles. The lowest BCUT2D eigenvalue weighted by atomic mass is 10.1. The second-order valence-corrected chi connectivity index (χ2v) is 5.49. The summed E-state index contributed by atoms with van der Waals surface area (Å²) in [6.45, 7) is 2.25. The number of nitriles is 1. The molecule has 1 nitrogen and oxygen atoms in total. The highest BCUT2D eigenvalue weighted by atomic mass is 14.2. The van der Waals surface area contributed by atoms with Crippen LogP contribution in [0.3, 0.4) is 0 Å². The number of unbranched alkanes of at least 4 members (excludes halogenated alkanes) is 10. The molecule has 0 amide bonds. The lowest BCUT2D eigenvalue weighted by Gasteiger charge is -1.98. The monoisotopic (exact) mass is 275 g/mol. The Labute approximate surface area is 126 Å². The van der Waals surface area contributed by atoms with Gasteiger partial charge in [-0.2, -0.15) is 5.26 Å². The van der Waals surface area contributed by atoms with E-state index in [0.717, 1.165) is 19.3 Å². The van der Waals surface area contributed by atoms with Crippen molar-refractivity contribution >= 4 is 0 Å². The average Bonchev–Trinajstić information content (AvgIpc) is 2.47. The first-order valence-corrected chi connectivity index (χ1v) is 8.58. The Kier molecular flexibility index (Phi) is 17.0. The quantitative estimate of drug-likeness (QED) is 0.255. The van der Waals surface area contributed by atoms with Crippen molar-refractivity contribution in [2.75, 3.05) is 0 Å². The van der Waals surface area contributed by atoms with E-state index in [-0.39, 0.29) is 0 Å². The highest BCUT2D eigenvalue weighted by Crippen LogP contribution is 2.08. The van der Waals surface area contributed by atoms with Crippen LogP contribution in [0.4, 0.5) is 0 Å². The predicted molar refractivity (Wildman–Crippen MR) is 89.6 cm³/mol. The van der Waals surface area contributed by atoms with Crippen molar-refractivity contribution in [3.63, 3.8) is 0 Å². The number of nitrogens with zero attached hydrogens (tertiary/aromatic N) is 1. The number of hydrogen-bond donors (Lipinski definition) is 0. The summed E-state index contributed by atoms with van der Waals surface area (Å²) in [4.78, 5) is 0. The Morgan fingerprint density at radius 1 is 0.700 bits per heavy atom. The molecule has 0 fully saturated rings. The fourth-order valence-corrected chi connectivity index (χ4v) is 2.19. The van der Waals surface area contributed by atoms with E-state index in [2.05, 4.69) is 37.3 Å². The first-order valence-electron chi connectivity index (χ1n) is 8.58. The molecule has 0 spiro atoms. The van der Waals surface area contributed by atoms with Crippen LogP contribution in [0.2, 0.25) is 0 Å². The lowest BCUT2D eigenvalue weighted by Crippen LogP contribution is -1.79. The molecule has 0 aromatic rings. The van der Waals surface area contributed by atoms with Crippen LogP contribution < -0.4 is 0 Å². The Balaban J connectivity index is 3.14. The van der Waals surface area contributed by atoms with Crippen LogP contribution >= 0.6 is 0 Å².